The molecule has 90 valence electrons. The first kappa shape index (κ1) is 12.3. The molecule has 18 heavy (non-hydrogen) atoms. The molecule has 1 heterocycles. The SMILES string of the molecule is N#Cc1c(Cl)cccc1OCc1cncc(F)c1. The second kappa shape index (κ2) is 5.48. The molecule has 0 spiro atoms. The second-order valence-electron chi connectivity index (χ2n) is 3.52. The van der Waals surface area contributed by atoms with Gasteiger partial charge < -0.3 is 4.74 Å². The van der Waals surface area contributed by atoms with Crippen LogP contribution in [0.2, 0.25) is 5.02 Å². The highest BCUT2D eigenvalue weighted by molar-refractivity contribution is 6.31. The Bertz CT molecular complexity index is 610. The quantitative estimate of drug-likeness (QED) is 0.852. The van der Waals surface area contributed by atoms with Gasteiger partial charge in [-0.25, -0.2) is 4.39 Å². The molecule has 0 saturated carbocycles. The Balaban J connectivity index is 2.16. The third-order valence-electron chi connectivity index (χ3n) is 2.24. The van der Waals surface area contributed by atoms with Crippen molar-refractivity contribution in [2.45, 2.75) is 6.61 Å². The number of nitriles is 1. The number of ether oxygens (including phenoxy) is 1. The zero-order valence-electron chi connectivity index (χ0n) is 9.23. The molecule has 2 rings (SSSR count). The first-order chi connectivity index (χ1) is 8.70. The number of aromatic nitrogens is 1. The molecule has 0 fully saturated rings. The van der Waals surface area contributed by atoms with Crippen molar-refractivity contribution in [3.8, 4) is 11.8 Å². The lowest BCUT2D eigenvalue weighted by Crippen LogP contribution is -1.98. The maximum absolute atomic E-state index is 12.9. The highest BCUT2D eigenvalue weighted by atomic mass is 35.5. The average molecular weight is 263 g/mol. The summed E-state index contributed by atoms with van der Waals surface area (Å²) in [6.07, 6.45) is 2.61. The predicted octanol–water partition coefficient (Wildman–Crippen LogP) is 3.32. The number of hydrogen-bond acceptors (Lipinski definition) is 3. The summed E-state index contributed by atoms with van der Waals surface area (Å²) >= 11 is 5.86. The first-order valence-corrected chi connectivity index (χ1v) is 5.49. The molecular weight excluding hydrogens is 255 g/mol. The van der Waals surface area contributed by atoms with Gasteiger partial charge in [-0.1, -0.05) is 17.7 Å². The lowest BCUT2D eigenvalue weighted by Gasteiger charge is -2.08. The summed E-state index contributed by atoms with van der Waals surface area (Å²) in [5, 5.41) is 9.28. The Kier molecular flexibility index (Phi) is 3.75. The lowest BCUT2D eigenvalue weighted by atomic mass is 10.2. The van der Waals surface area contributed by atoms with Crippen LogP contribution in [0, 0.1) is 17.1 Å². The van der Waals surface area contributed by atoms with E-state index < -0.39 is 5.82 Å². The number of benzene rings is 1. The van der Waals surface area contributed by atoms with Crippen molar-refractivity contribution < 1.29 is 9.13 Å². The molecule has 0 atom stereocenters. The summed E-state index contributed by atoms with van der Waals surface area (Å²) in [4.78, 5) is 3.71. The van der Waals surface area contributed by atoms with Crippen molar-refractivity contribution in [2.75, 3.05) is 0 Å². The van der Waals surface area contributed by atoms with Gasteiger partial charge in [0.1, 0.15) is 29.8 Å². The van der Waals surface area contributed by atoms with Crippen molar-refractivity contribution in [3.05, 3.63) is 58.6 Å². The van der Waals surface area contributed by atoms with Crippen molar-refractivity contribution in [1.82, 2.24) is 4.98 Å². The number of hydrogen-bond donors (Lipinski definition) is 0. The molecule has 1 aromatic carbocycles. The van der Waals surface area contributed by atoms with E-state index in [4.69, 9.17) is 21.6 Å². The molecule has 0 N–H and O–H groups in total. The molecule has 0 aliphatic heterocycles. The lowest BCUT2D eigenvalue weighted by molar-refractivity contribution is 0.304. The molecule has 2 aromatic rings. The van der Waals surface area contributed by atoms with Gasteiger partial charge >= 0.3 is 0 Å². The minimum atomic E-state index is -0.428. The maximum Gasteiger partial charge on any atom is 0.141 e. The van der Waals surface area contributed by atoms with Crippen molar-refractivity contribution >= 4 is 11.6 Å². The van der Waals surface area contributed by atoms with Gasteiger partial charge in [0.2, 0.25) is 0 Å². The number of nitrogens with zero attached hydrogens (tertiary/aromatic N) is 2. The van der Waals surface area contributed by atoms with Crippen LogP contribution in [0.15, 0.2) is 36.7 Å². The molecule has 0 saturated heterocycles. The Morgan fingerprint density at radius 2 is 2.22 bits per heavy atom. The standard InChI is InChI=1S/C13H8ClFN2O/c14-12-2-1-3-13(11(12)5-16)18-8-9-4-10(15)7-17-6-9/h1-4,6-7H,8H2. The van der Waals surface area contributed by atoms with E-state index in [2.05, 4.69) is 4.98 Å². The van der Waals surface area contributed by atoms with Crippen molar-refractivity contribution in [3.63, 3.8) is 0 Å². The topological polar surface area (TPSA) is 45.9 Å². The highest BCUT2D eigenvalue weighted by Gasteiger charge is 2.07. The van der Waals surface area contributed by atoms with Crippen molar-refractivity contribution in [1.29, 1.82) is 5.26 Å². The maximum atomic E-state index is 12.9. The second-order valence-corrected chi connectivity index (χ2v) is 3.93. The molecule has 0 aliphatic rings. The molecule has 0 unspecified atom stereocenters. The third kappa shape index (κ3) is 2.76. The summed E-state index contributed by atoms with van der Waals surface area (Å²) in [7, 11) is 0. The summed E-state index contributed by atoms with van der Waals surface area (Å²) < 4.78 is 18.3. The van der Waals surface area contributed by atoms with Crippen LogP contribution < -0.4 is 4.74 Å². The highest BCUT2D eigenvalue weighted by Crippen LogP contribution is 2.25. The third-order valence-corrected chi connectivity index (χ3v) is 2.56. The number of rotatable bonds is 3. The number of pyridine rings is 1. The predicted molar refractivity (Wildman–Crippen MR) is 64.7 cm³/mol. The fraction of sp³-hybridized carbons (Fsp3) is 0.0769. The summed E-state index contributed by atoms with van der Waals surface area (Å²) in [6, 6.07) is 8.21. The fourth-order valence-corrected chi connectivity index (χ4v) is 1.64. The minimum absolute atomic E-state index is 0.125. The van der Waals surface area contributed by atoms with Crippen molar-refractivity contribution in [2.24, 2.45) is 0 Å². The van der Waals surface area contributed by atoms with Crippen LogP contribution in [0.1, 0.15) is 11.1 Å². The van der Waals surface area contributed by atoms with Gasteiger partial charge in [0, 0.05) is 11.8 Å². The minimum Gasteiger partial charge on any atom is -0.487 e. The summed E-state index contributed by atoms with van der Waals surface area (Å²) in [6.45, 7) is 0.125. The van der Waals surface area contributed by atoms with E-state index in [0.717, 1.165) is 6.20 Å². The van der Waals surface area contributed by atoms with Crippen LogP contribution in [0.4, 0.5) is 4.39 Å². The smallest absolute Gasteiger partial charge is 0.141 e. The van der Waals surface area contributed by atoms with Gasteiger partial charge in [0.25, 0.3) is 0 Å². The Morgan fingerprint density at radius 3 is 2.94 bits per heavy atom. The molecule has 0 radical (unpaired) electrons. The Hall–Kier alpha value is -2.12. The number of halogens is 2. The Labute approximate surface area is 108 Å². The van der Waals surface area contributed by atoms with Crippen LogP contribution in [-0.4, -0.2) is 4.98 Å². The average Bonchev–Trinajstić information content (AvgIpc) is 2.36. The van der Waals surface area contributed by atoms with E-state index in [1.165, 1.54) is 12.3 Å². The van der Waals surface area contributed by atoms with E-state index >= 15 is 0 Å². The van der Waals surface area contributed by atoms with Crippen LogP contribution in [0.3, 0.4) is 0 Å². The van der Waals surface area contributed by atoms with Crippen LogP contribution in [-0.2, 0) is 6.61 Å². The fourth-order valence-electron chi connectivity index (χ4n) is 1.43. The molecule has 0 amide bonds. The van der Waals surface area contributed by atoms with Gasteiger partial charge in [0.05, 0.1) is 11.2 Å². The van der Waals surface area contributed by atoms with Gasteiger partial charge in [-0.15, -0.1) is 0 Å². The molecular formula is C13H8ClFN2O. The van der Waals surface area contributed by atoms with E-state index in [9.17, 15) is 4.39 Å². The Morgan fingerprint density at radius 1 is 1.39 bits per heavy atom. The van der Waals surface area contributed by atoms with E-state index in [1.54, 1.807) is 18.2 Å². The molecule has 0 bridgehead atoms. The zero-order chi connectivity index (χ0) is 13.0. The normalized spacial score (nSPS) is 9.83. The molecule has 0 aliphatic carbocycles. The van der Waals surface area contributed by atoms with E-state index in [-0.39, 0.29) is 12.2 Å². The summed E-state index contributed by atoms with van der Waals surface area (Å²) in [5.41, 5.74) is 0.849. The molecule has 1 aromatic heterocycles. The first-order valence-electron chi connectivity index (χ1n) is 5.11. The van der Waals surface area contributed by atoms with Gasteiger partial charge in [-0.05, 0) is 18.2 Å². The zero-order valence-corrected chi connectivity index (χ0v) is 9.99. The van der Waals surface area contributed by atoms with E-state index in [0.29, 0.717) is 16.3 Å². The monoisotopic (exact) mass is 262 g/mol. The van der Waals surface area contributed by atoms with Crippen LogP contribution in [0.25, 0.3) is 0 Å². The molecule has 3 nitrogen and oxygen atoms in total. The largest absolute Gasteiger partial charge is 0.487 e. The van der Waals surface area contributed by atoms with Crippen LogP contribution >= 0.6 is 11.6 Å². The van der Waals surface area contributed by atoms with Gasteiger partial charge in [-0.3, -0.25) is 4.98 Å². The van der Waals surface area contributed by atoms with Crippen LogP contribution in [0.5, 0.6) is 5.75 Å². The van der Waals surface area contributed by atoms with Gasteiger partial charge in [-0.2, -0.15) is 5.26 Å². The molecule has 5 heteroatoms. The van der Waals surface area contributed by atoms with E-state index in [1.807, 2.05) is 6.07 Å². The summed E-state index contributed by atoms with van der Waals surface area (Å²) in [5.74, 6) is -0.0584. The van der Waals surface area contributed by atoms with Gasteiger partial charge in [0.15, 0.2) is 0 Å².